The lowest BCUT2D eigenvalue weighted by atomic mass is 10.2. The van der Waals surface area contributed by atoms with E-state index in [4.69, 9.17) is 13.9 Å². The third-order valence-electron chi connectivity index (χ3n) is 4.34. The van der Waals surface area contributed by atoms with E-state index in [9.17, 15) is 4.79 Å². The highest BCUT2D eigenvalue weighted by Crippen LogP contribution is 2.29. The maximum atomic E-state index is 12.7. The minimum Gasteiger partial charge on any atom is -0.497 e. The summed E-state index contributed by atoms with van der Waals surface area (Å²) in [5, 5.41) is 0.803. The molecular formula is C20H18N2O4S. The van der Waals surface area contributed by atoms with Crippen LogP contribution in [0.2, 0.25) is 0 Å². The molecule has 0 radical (unpaired) electrons. The predicted octanol–water partition coefficient (Wildman–Crippen LogP) is 4.23. The number of hydrogen-bond donors (Lipinski definition) is 0. The Bertz CT molecular complexity index is 1220. The summed E-state index contributed by atoms with van der Waals surface area (Å²) in [6.07, 6.45) is 0. The molecule has 7 heteroatoms. The van der Waals surface area contributed by atoms with E-state index in [0.29, 0.717) is 22.7 Å². The van der Waals surface area contributed by atoms with Crippen LogP contribution in [0.3, 0.4) is 0 Å². The number of rotatable bonds is 4. The average Bonchev–Trinajstić information content (AvgIpc) is 3.27. The van der Waals surface area contributed by atoms with Crippen LogP contribution in [-0.4, -0.2) is 24.7 Å². The van der Waals surface area contributed by atoms with Gasteiger partial charge < -0.3 is 18.5 Å². The summed E-state index contributed by atoms with van der Waals surface area (Å²) in [4.78, 5) is 17.7. The molecule has 27 heavy (non-hydrogen) atoms. The van der Waals surface area contributed by atoms with Crippen molar-refractivity contribution in [1.82, 2.24) is 4.57 Å². The zero-order chi connectivity index (χ0) is 19.0. The second kappa shape index (κ2) is 6.92. The van der Waals surface area contributed by atoms with Crippen LogP contribution in [0.4, 0.5) is 0 Å². The van der Waals surface area contributed by atoms with Gasteiger partial charge >= 0.3 is 5.91 Å². The zero-order valence-electron chi connectivity index (χ0n) is 15.2. The standard InChI is InChI=1S/C20H18N2O4S/c1-4-22-14-9-8-13(24-2)11-17(14)27-20(22)21-19(23)16-10-12-6-5-7-15(25-3)18(12)26-16/h5-11H,4H2,1-3H3. The fourth-order valence-electron chi connectivity index (χ4n) is 3.02. The first-order valence-corrected chi connectivity index (χ1v) is 9.29. The SMILES string of the molecule is CCn1c(=NC(=O)c2cc3cccc(OC)c3o2)sc2cc(OC)ccc21. The van der Waals surface area contributed by atoms with Crippen LogP contribution in [0.5, 0.6) is 11.5 Å². The van der Waals surface area contributed by atoms with Gasteiger partial charge in [0.2, 0.25) is 0 Å². The molecule has 2 aromatic carbocycles. The zero-order valence-corrected chi connectivity index (χ0v) is 16.0. The number of carbonyl (C=O) groups is 1. The van der Waals surface area contributed by atoms with Gasteiger partial charge in [-0.3, -0.25) is 4.79 Å². The molecule has 0 N–H and O–H groups in total. The van der Waals surface area contributed by atoms with E-state index in [-0.39, 0.29) is 5.76 Å². The minimum absolute atomic E-state index is 0.187. The average molecular weight is 382 g/mol. The molecule has 0 spiro atoms. The Balaban J connectivity index is 1.82. The van der Waals surface area contributed by atoms with E-state index in [0.717, 1.165) is 21.4 Å². The predicted molar refractivity (Wildman–Crippen MR) is 105 cm³/mol. The molecule has 2 aromatic heterocycles. The molecule has 0 unspecified atom stereocenters. The maximum Gasteiger partial charge on any atom is 0.315 e. The molecule has 0 bridgehead atoms. The lowest BCUT2D eigenvalue weighted by molar-refractivity contribution is 0.0973. The Kier molecular flexibility index (Phi) is 4.45. The number of hydrogen-bond acceptors (Lipinski definition) is 5. The Morgan fingerprint density at radius 2 is 2.04 bits per heavy atom. The van der Waals surface area contributed by atoms with E-state index in [1.165, 1.54) is 11.3 Å². The Morgan fingerprint density at radius 1 is 1.19 bits per heavy atom. The highest BCUT2D eigenvalue weighted by atomic mass is 32.1. The van der Waals surface area contributed by atoms with Crippen molar-refractivity contribution in [3.05, 3.63) is 53.0 Å². The Morgan fingerprint density at radius 3 is 2.78 bits per heavy atom. The first kappa shape index (κ1) is 17.4. The van der Waals surface area contributed by atoms with Crippen molar-refractivity contribution in [2.45, 2.75) is 13.5 Å². The molecule has 6 nitrogen and oxygen atoms in total. The van der Waals surface area contributed by atoms with Crippen molar-refractivity contribution in [2.24, 2.45) is 4.99 Å². The van der Waals surface area contributed by atoms with E-state index < -0.39 is 5.91 Å². The molecule has 4 rings (SSSR count). The molecular weight excluding hydrogens is 364 g/mol. The summed E-state index contributed by atoms with van der Waals surface area (Å²) in [5.74, 6) is 1.12. The number of para-hydroxylation sites is 1. The molecule has 138 valence electrons. The van der Waals surface area contributed by atoms with Crippen molar-refractivity contribution in [1.29, 1.82) is 0 Å². The van der Waals surface area contributed by atoms with Gasteiger partial charge in [0, 0.05) is 11.9 Å². The first-order valence-electron chi connectivity index (χ1n) is 8.47. The largest absolute Gasteiger partial charge is 0.497 e. The maximum absolute atomic E-state index is 12.7. The van der Waals surface area contributed by atoms with Crippen LogP contribution in [0.25, 0.3) is 21.2 Å². The number of aromatic nitrogens is 1. The van der Waals surface area contributed by atoms with Crippen LogP contribution in [0, 0.1) is 0 Å². The third-order valence-corrected chi connectivity index (χ3v) is 5.38. The van der Waals surface area contributed by atoms with Gasteiger partial charge in [-0.2, -0.15) is 4.99 Å². The Hall–Kier alpha value is -3.06. The van der Waals surface area contributed by atoms with E-state index in [1.54, 1.807) is 26.4 Å². The number of methoxy groups -OCH3 is 2. The van der Waals surface area contributed by atoms with Crippen LogP contribution < -0.4 is 14.3 Å². The molecule has 4 aromatic rings. The molecule has 0 atom stereocenters. The van der Waals surface area contributed by atoms with Crippen molar-refractivity contribution in [3.8, 4) is 11.5 Å². The summed E-state index contributed by atoms with van der Waals surface area (Å²) in [6.45, 7) is 2.72. The minimum atomic E-state index is -0.422. The quantitative estimate of drug-likeness (QED) is 0.530. The van der Waals surface area contributed by atoms with Gasteiger partial charge in [0.1, 0.15) is 5.75 Å². The number of fused-ring (bicyclic) bond motifs is 2. The number of thiazole rings is 1. The fourth-order valence-corrected chi connectivity index (χ4v) is 4.14. The fraction of sp³-hybridized carbons (Fsp3) is 0.200. The van der Waals surface area contributed by atoms with Crippen molar-refractivity contribution in [2.75, 3.05) is 14.2 Å². The highest BCUT2D eigenvalue weighted by molar-refractivity contribution is 7.16. The summed E-state index contributed by atoms with van der Waals surface area (Å²) < 4.78 is 19.3. The summed E-state index contributed by atoms with van der Waals surface area (Å²) in [7, 11) is 3.20. The molecule has 0 saturated heterocycles. The van der Waals surface area contributed by atoms with E-state index >= 15 is 0 Å². The molecule has 0 fully saturated rings. The summed E-state index contributed by atoms with van der Waals surface area (Å²) >= 11 is 1.44. The molecule has 0 aliphatic carbocycles. The smallest absolute Gasteiger partial charge is 0.315 e. The molecule has 0 aliphatic rings. The number of benzene rings is 2. The normalized spacial score (nSPS) is 12.0. The topological polar surface area (TPSA) is 66.0 Å². The van der Waals surface area contributed by atoms with Gasteiger partial charge in [-0.1, -0.05) is 23.5 Å². The number of nitrogens with zero attached hydrogens (tertiary/aromatic N) is 2. The van der Waals surface area contributed by atoms with Gasteiger partial charge in [0.05, 0.1) is 24.4 Å². The molecule has 0 saturated carbocycles. The summed E-state index contributed by atoms with van der Waals surface area (Å²) in [5.41, 5.74) is 1.56. The number of furan rings is 1. The summed E-state index contributed by atoms with van der Waals surface area (Å²) in [6, 6.07) is 13.0. The number of ether oxygens (including phenoxy) is 2. The van der Waals surface area contributed by atoms with Crippen molar-refractivity contribution < 1.29 is 18.7 Å². The Labute approximate surface area is 159 Å². The number of carbonyl (C=O) groups excluding carboxylic acids is 1. The first-order chi connectivity index (χ1) is 13.1. The van der Waals surface area contributed by atoms with Gasteiger partial charge in [-0.15, -0.1) is 0 Å². The molecule has 1 amide bonds. The van der Waals surface area contributed by atoms with Crippen LogP contribution in [0.15, 0.2) is 51.9 Å². The van der Waals surface area contributed by atoms with Gasteiger partial charge in [0.25, 0.3) is 0 Å². The van der Waals surface area contributed by atoms with Crippen LogP contribution >= 0.6 is 11.3 Å². The second-order valence-corrected chi connectivity index (χ2v) is 6.88. The molecule has 0 aliphatic heterocycles. The van der Waals surface area contributed by atoms with Crippen LogP contribution in [-0.2, 0) is 6.54 Å². The monoisotopic (exact) mass is 382 g/mol. The number of aryl methyl sites for hydroxylation is 1. The van der Waals surface area contributed by atoms with E-state index in [2.05, 4.69) is 4.99 Å². The van der Waals surface area contributed by atoms with Crippen molar-refractivity contribution >= 4 is 38.4 Å². The van der Waals surface area contributed by atoms with Gasteiger partial charge in [0.15, 0.2) is 21.9 Å². The lowest BCUT2D eigenvalue weighted by Gasteiger charge is -2.01. The van der Waals surface area contributed by atoms with Gasteiger partial charge in [-0.05, 0) is 37.3 Å². The van der Waals surface area contributed by atoms with E-state index in [1.807, 2.05) is 41.8 Å². The highest BCUT2D eigenvalue weighted by Gasteiger charge is 2.15. The lowest BCUT2D eigenvalue weighted by Crippen LogP contribution is -2.15. The van der Waals surface area contributed by atoms with Crippen LogP contribution in [0.1, 0.15) is 17.5 Å². The third kappa shape index (κ3) is 3.00. The second-order valence-electron chi connectivity index (χ2n) is 5.87. The molecule has 2 heterocycles. The van der Waals surface area contributed by atoms with Gasteiger partial charge in [-0.25, -0.2) is 0 Å². The van der Waals surface area contributed by atoms with Crippen molar-refractivity contribution in [3.63, 3.8) is 0 Å². The number of amides is 1.